The number of nitrogens with one attached hydrogen (secondary N) is 2. The lowest BCUT2D eigenvalue weighted by atomic mass is 9.99. The van der Waals surface area contributed by atoms with Gasteiger partial charge < -0.3 is 10.6 Å². The number of carbonyl (C=O) groups is 1. The number of nitrogens with zero attached hydrogens (tertiary/aromatic N) is 3. The molecule has 1 aliphatic rings. The Morgan fingerprint density at radius 3 is 2.68 bits per heavy atom. The van der Waals surface area contributed by atoms with Crippen LogP contribution in [0.2, 0.25) is 0 Å². The third-order valence-corrected chi connectivity index (χ3v) is 6.44. The van der Waals surface area contributed by atoms with Gasteiger partial charge in [0, 0.05) is 30.8 Å². The number of carbonyl (C=O) groups excluding carboxylic acids is 1. The van der Waals surface area contributed by atoms with Crippen LogP contribution in [0.3, 0.4) is 0 Å². The predicted octanol–water partition coefficient (Wildman–Crippen LogP) is 3.10. The molecule has 0 saturated carbocycles. The van der Waals surface area contributed by atoms with Crippen LogP contribution < -0.4 is 10.6 Å². The van der Waals surface area contributed by atoms with Crippen LogP contribution in [-0.2, 0) is 16.4 Å². The van der Waals surface area contributed by atoms with Crippen LogP contribution in [0.1, 0.15) is 21.5 Å². The lowest BCUT2D eigenvalue weighted by Crippen LogP contribution is -2.13. The highest BCUT2D eigenvalue weighted by Gasteiger charge is 2.27. The average Bonchev–Trinajstić information content (AvgIpc) is 3.32. The number of amides is 1. The third-order valence-electron chi connectivity index (χ3n) is 5.34. The summed E-state index contributed by atoms with van der Waals surface area (Å²) in [6, 6.07) is 10.9. The average molecular weight is 433 g/mol. The van der Waals surface area contributed by atoms with Gasteiger partial charge in [-0.15, -0.1) is 0 Å². The van der Waals surface area contributed by atoms with Crippen molar-refractivity contribution in [3.63, 3.8) is 0 Å². The van der Waals surface area contributed by atoms with Gasteiger partial charge in [-0.3, -0.25) is 9.20 Å². The van der Waals surface area contributed by atoms with E-state index in [1.165, 1.54) is 12.3 Å². The molecule has 0 spiro atoms. The first-order valence-corrected chi connectivity index (χ1v) is 11.5. The molecule has 4 aromatic rings. The fourth-order valence-electron chi connectivity index (χ4n) is 3.79. The summed E-state index contributed by atoms with van der Waals surface area (Å²) in [6.45, 7) is 2.43. The summed E-state index contributed by atoms with van der Waals surface area (Å²) in [6.07, 6.45) is 6.22. The van der Waals surface area contributed by atoms with Crippen molar-refractivity contribution < 1.29 is 13.2 Å². The standard InChI is InChI=1S/C22H19N5O3S/c1-13-7-8-27-18(12-24-20(27)9-13)15-4-5-17(21-16(15)11-25-22(21)28)26-19-6-3-14(10-23-19)31(2,29)30/h3-10,12H,11H2,1-2H3,(H,23,26)(H,25,28). The largest absolute Gasteiger partial charge is 0.348 e. The maximum absolute atomic E-state index is 12.6. The molecular formula is C22H19N5O3S. The molecule has 156 valence electrons. The normalized spacial score (nSPS) is 13.3. The van der Waals surface area contributed by atoms with Gasteiger partial charge in [-0.05, 0) is 48.4 Å². The van der Waals surface area contributed by atoms with E-state index in [-0.39, 0.29) is 10.8 Å². The zero-order chi connectivity index (χ0) is 21.8. The smallest absolute Gasteiger partial charge is 0.254 e. The Labute approximate surface area is 178 Å². The molecule has 0 fully saturated rings. The Morgan fingerprint density at radius 1 is 1.10 bits per heavy atom. The van der Waals surface area contributed by atoms with Crippen molar-refractivity contribution in [1.29, 1.82) is 0 Å². The van der Waals surface area contributed by atoms with Crippen molar-refractivity contribution in [2.75, 3.05) is 11.6 Å². The molecule has 0 atom stereocenters. The number of sulfone groups is 1. The Kier molecular flexibility index (Phi) is 4.30. The molecule has 8 nitrogen and oxygen atoms in total. The van der Waals surface area contributed by atoms with Crippen LogP contribution in [0.25, 0.3) is 16.9 Å². The molecule has 1 amide bonds. The topological polar surface area (TPSA) is 105 Å². The van der Waals surface area contributed by atoms with E-state index in [1.807, 2.05) is 48.0 Å². The molecule has 0 saturated heterocycles. The second-order valence-corrected chi connectivity index (χ2v) is 9.56. The molecule has 2 N–H and O–H groups in total. The fraction of sp³-hybridized carbons (Fsp3) is 0.136. The van der Waals surface area contributed by atoms with Gasteiger partial charge in [0.05, 0.1) is 28.0 Å². The number of pyridine rings is 2. The number of imidazole rings is 1. The van der Waals surface area contributed by atoms with Gasteiger partial charge in [-0.2, -0.15) is 0 Å². The molecule has 0 bridgehead atoms. The molecule has 1 aromatic carbocycles. The van der Waals surface area contributed by atoms with E-state index in [1.54, 1.807) is 6.07 Å². The Morgan fingerprint density at radius 2 is 1.94 bits per heavy atom. The van der Waals surface area contributed by atoms with E-state index in [4.69, 9.17) is 0 Å². The zero-order valence-corrected chi connectivity index (χ0v) is 17.7. The Bertz CT molecular complexity index is 1460. The van der Waals surface area contributed by atoms with E-state index in [2.05, 4.69) is 20.6 Å². The van der Waals surface area contributed by atoms with E-state index in [0.29, 0.717) is 23.6 Å². The minimum atomic E-state index is -3.32. The lowest BCUT2D eigenvalue weighted by Gasteiger charge is -2.13. The SMILES string of the molecule is Cc1ccn2c(-c3ccc(Nc4ccc(S(C)(=O)=O)cn4)c4c3CNC4=O)cnc2c1. The molecular weight excluding hydrogens is 414 g/mol. The van der Waals surface area contributed by atoms with Gasteiger partial charge in [0.15, 0.2) is 9.84 Å². The number of fused-ring (bicyclic) bond motifs is 2. The molecule has 0 aliphatic carbocycles. The summed E-state index contributed by atoms with van der Waals surface area (Å²) in [4.78, 5) is 21.4. The van der Waals surface area contributed by atoms with Crippen LogP contribution >= 0.6 is 0 Å². The number of hydrogen-bond acceptors (Lipinski definition) is 6. The molecule has 5 rings (SSSR count). The van der Waals surface area contributed by atoms with Gasteiger partial charge in [0.1, 0.15) is 11.5 Å². The first-order valence-electron chi connectivity index (χ1n) is 9.62. The first kappa shape index (κ1) is 19.3. The minimum Gasteiger partial charge on any atom is -0.348 e. The van der Waals surface area contributed by atoms with Crippen LogP contribution in [0.15, 0.2) is 59.9 Å². The van der Waals surface area contributed by atoms with Gasteiger partial charge >= 0.3 is 0 Å². The van der Waals surface area contributed by atoms with Crippen molar-refractivity contribution in [3.8, 4) is 11.3 Å². The van der Waals surface area contributed by atoms with Gasteiger partial charge in [-0.1, -0.05) is 6.07 Å². The monoisotopic (exact) mass is 433 g/mol. The van der Waals surface area contributed by atoms with E-state index in [0.717, 1.165) is 34.3 Å². The van der Waals surface area contributed by atoms with Crippen molar-refractivity contribution in [2.24, 2.45) is 0 Å². The number of rotatable bonds is 4. The second kappa shape index (κ2) is 6.92. The maximum Gasteiger partial charge on any atom is 0.254 e. The first-order chi connectivity index (χ1) is 14.8. The van der Waals surface area contributed by atoms with Crippen LogP contribution in [0.4, 0.5) is 11.5 Å². The lowest BCUT2D eigenvalue weighted by molar-refractivity contribution is 0.0966. The third kappa shape index (κ3) is 3.32. The molecule has 3 aromatic heterocycles. The summed E-state index contributed by atoms with van der Waals surface area (Å²) in [5.74, 6) is 0.282. The molecule has 0 radical (unpaired) electrons. The number of benzene rings is 1. The summed E-state index contributed by atoms with van der Waals surface area (Å²) >= 11 is 0. The Hall–Kier alpha value is -3.72. The Balaban J connectivity index is 1.57. The van der Waals surface area contributed by atoms with E-state index >= 15 is 0 Å². The highest BCUT2D eigenvalue weighted by atomic mass is 32.2. The molecule has 4 heterocycles. The summed E-state index contributed by atoms with van der Waals surface area (Å²) in [5.41, 5.74) is 5.84. The molecule has 9 heteroatoms. The highest BCUT2D eigenvalue weighted by molar-refractivity contribution is 7.90. The van der Waals surface area contributed by atoms with Crippen molar-refractivity contribution >= 4 is 32.9 Å². The van der Waals surface area contributed by atoms with Gasteiger partial charge in [0.25, 0.3) is 5.91 Å². The highest BCUT2D eigenvalue weighted by Crippen LogP contribution is 2.35. The van der Waals surface area contributed by atoms with Crippen molar-refractivity contribution in [2.45, 2.75) is 18.4 Å². The van der Waals surface area contributed by atoms with Crippen molar-refractivity contribution in [1.82, 2.24) is 19.7 Å². The van der Waals surface area contributed by atoms with E-state index < -0.39 is 9.84 Å². The number of hydrogen-bond donors (Lipinski definition) is 2. The predicted molar refractivity (Wildman–Crippen MR) is 117 cm³/mol. The molecule has 31 heavy (non-hydrogen) atoms. The quantitative estimate of drug-likeness (QED) is 0.512. The van der Waals surface area contributed by atoms with Gasteiger partial charge in [-0.25, -0.2) is 18.4 Å². The number of aryl methyl sites for hydroxylation is 1. The summed E-state index contributed by atoms with van der Waals surface area (Å²) < 4.78 is 25.3. The summed E-state index contributed by atoms with van der Waals surface area (Å²) in [7, 11) is -3.32. The van der Waals surface area contributed by atoms with Crippen LogP contribution in [-0.4, -0.2) is 34.9 Å². The van der Waals surface area contributed by atoms with E-state index in [9.17, 15) is 13.2 Å². The van der Waals surface area contributed by atoms with Gasteiger partial charge in [0.2, 0.25) is 0 Å². The summed E-state index contributed by atoms with van der Waals surface area (Å²) in [5, 5.41) is 6.03. The van der Waals surface area contributed by atoms with Crippen molar-refractivity contribution in [3.05, 3.63) is 71.7 Å². The fourth-order valence-corrected chi connectivity index (χ4v) is 4.34. The second-order valence-electron chi connectivity index (χ2n) is 7.55. The van der Waals surface area contributed by atoms with Crippen LogP contribution in [0.5, 0.6) is 0 Å². The minimum absolute atomic E-state index is 0.138. The number of anilines is 2. The zero-order valence-electron chi connectivity index (χ0n) is 16.9. The molecule has 0 unspecified atom stereocenters. The van der Waals surface area contributed by atoms with Crippen LogP contribution in [0, 0.1) is 6.92 Å². The molecule has 1 aliphatic heterocycles. The number of aromatic nitrogens is 3. The maximum atomic E-state index is 12.6.